The molecule has 0 N–H and O–H groups in total. The van der Waals surface area contributed by atoms with Gasteiger partial charge in [0.25, 0.3) is 0 Å². The smallest absolute Gasteiger partial charge is 0.166 e. The van der Waals surface area contributed by atoms with Crippen LogP contribution in [0.5, 0.6) is 11.5 Å². The van der Waals surface area contributed by atoms with Gasteiger partial charge in [0.05, 0.1) is 21.1 Å². The van der Waals surface area contributed by atoms with Crippen LogP contribution >= 0.6 is 0 Å². The Morgan fingerprint density at radius 3 is 2.54 bits per heavy atom. The number of carbonyl (C=O) groups excluding carboxylic acids is 1. The molecule has 1 unspecified atom stereocenters. The van der Waals surface area contributed by atoms with Crippen molar-refractivity contribution < 1.29 is 36.2 Å². The zero-order chi connectivity index (χ0) is 33.7. The van der Waals surface area contributed by atoms with E-state index in [1.165, 1.54) is 26.4 Å². The molecule has 0 aromatic heterocycles. The van der Waals surface area contributed by atoms with E-state index in [4.69, 9.17) is 31.4 Å². The lowest BCUT2D eigenvalue weighted by atomic mass is 9.85. The first-order valence-electron chi connectivity index (χ1n) is 16.6. The number of rotatable bonds is 6. The highest BCUT2D eigenvalue weighted by molar-refractivity contribution is 6.02. The van der Waals surface area contributed by atoms with E-state index in [9.17, 15) is 4.79 Å². The van der Waals surface area contributed by atoms with Crippen LogP contribution in [0.3, 0.4) is 0 Å². The van der Waals surface area contributed by atoms with E-state index in [2.05, 4.69) is 0 Å². The molecule has 0 spiro atoms. The van der Waals surface area contributed by atoms with Crippen LogP contribution in [0, 0.1) is 11.8 Å². The van der Waals surface area contributed by atoms with Crippen LogP contribution in [-0.2, 0) is 12.9 Å². The second-order valence-electron chi connectivity index (χ2n) is 6.23. The molecule has 4 nitrogen and oxygen atoms in total. The van der Waals surface area contributed by atoms with Crippen molar-refractivity contribution in [3.8, 4) is 11.5 Å². The molecule has 0 radical (unpaired) electrons. The highest BCUT2D eigenvalue weighted by atomic mass is 16.5. The third-order valence-corrected chi connectivity index (χ3v) is 4.52. The molecule has 28 heavy (non-hydrogen) atoms. The second kappa shape index (κ2) is 8.36. The van der Waals surface area contributed by atoms with Gasteiger partial charge in [-0.25, -0.2) is 0 Å². The maximum absolute atomic E-state index is 13.4. The summed E-state index contributed by atoms with van der Waals surface area (Å²) in [6.45, 7) is -11.5. The number of hydrogen-bond donors (Lipinski definition) is 0. The number of hydrogen-bond acceptors (Lipinski definition) is 4. The summed E-state index contributed by atoms with van der Waals surface area (Å²) < 4.78 is 147. The molecule has 1 heterocycles. The van der Waals surface area contributed by atoms with Gasteiger partial charge in [-0.2, -0.15) is 0 Å². The third-order valence-electron chi connectivity index (χ3n) is 4.52. The highest BCUT2D eigenvalue weighted by Crippen LogP contribution is 2.39. The van der Waals surface area contributed by atoms with E-state index in [-0.39, 0.29) is 23.5 Å². The molecule has 1 fully saturated rings. The van der Waals surface area contributed by atoms with E-state index in [1.807, 2.05) is 0 Å². The Hall–Kier alpha value is -2.33. The van der Waals surface area contributed by atoms with Gasteiger partial charge in [-0.3, -0.25) is 9.69 Å². The molecule has 2 aromatic carbocycles. The summed E-state index contributed by atoms with van der Waals surface area (Å²) >= 11 is 0. The van der Waals surface area contributed by atoms with Crippen LogP contribution in [0.15, 0.2) is 42.3 Å². The minimum absolute atomic E-state index is 0.123. The Morgan fingerprint density at radius 1 is 1.18 bits per heavy atom. The molecule has 2 aromatic rings. The number of Topliss-reactive ketones (excluding diaryl/α,β-unsaturated/α-hetero) is 1. The number of piperidine rings is 1. The predicted molar refractivity (Wildman–Crippen MR) is 110 cm³/mol. The maximum atomic E-state index is 13.4. The van der Waals surface area contributed by atoms with Crippen molar-refractivity contribution in [1.29, 1.82) is 0 Å². The summed E-state index contributed by atoms with van der Waals surface area (Å²) in [4.78, 5) is 12.9. The molecule has 1 aliphatic heterocycles. The topological polar surface area (TPSA) is 38.8 Å². The number of nitrogens with zero attached hydrogens (tertiary/aromatic N) is 1. The summed E-state index contributed by atoms with van der Waals surface area (Å²) in [7, 11) is 2.70. The van der Waals surface area contributed by atoms with Gasteiger partial charge in [0.2, 0.25) is 0 Å². The summed E-state index contributed by atoms with van der Waals surface area (Å²) in [6, 6.07) is -2.47. The third kappa shape index (κ3) is 3.93. The lowest BCUT2D eigenvalue weighted by Crippen LogP contribution is -2.34. The first kappa shape index (κ1) is 7.83. The number of benzene rings is 2. The molecule has 0 bridgehead atoms. The van der Waals surface area contributed by atoms with Crippen molar-refractivity contribution in [2.75, 3.05) is 27.2 Å². The molecule has 4 rings (SSSR count). The van der Waals surface area contributed by atoms with Gasteiger partial charge < -0.3 is 9.47 Å². The number of ether oxygens (including phenoxy) is 2. The van der Waals surface area contributed by atoms with E-state index in [1.54, 1.807) is 0 Å². The van der Waals surface area contributed by atoms with Crippen molar-refractivity contribution in [3.05, 3.63) is 59.0 Å². The van der Waals surface area contributed by atoms with Gasteiger partial charge in [0.15, 0.2) is 17.3 Å². The van der Waals surface area contributed by atoms with Crippen molar-refractivity contribution in [3.63, 3.8) is 0 Å². The van der Waals surface area contributed by atoms with Crippen molar-refractivity contribution >= 4 is 5.78 Å². The van der Waals surface area contributed by atoms with Crippen LogP contribution < -0.4 is 9.47 Å². The lowest BCUT2D eigenvalue weighted by molar-refractivity contribution is 0.0895. The van der Waals surface area contributed by atoms with Crippen LogP contribution in [-0.4, -0.2) is 37.9 Å². The van der Waals surface area contributed by atoms with Crippen molar-refractivity contribution in [2.45, 2.75) is 32.1 Å². The van der Waals surface area contributed by atoms with Gasteiger partial charge >= 0.3 is 0 Å². The number of fused-ring (bicyclic) bond motifs is 1. The Labute approximate surface area is 189 Å². The van der Waals surface area contributed by atoms with Gasteiger partial charge in [-0.05, 0) is 67.7 Å². The van der Waals surface area contributed by atoms with Crippen LogP contribution in [0.25, 0.3) is 0 Å². The monoisotopic (exact) mass is 395 g/mol. The fourth-order valence-corrected chi connectivity index (χ4v) is 3.19. The molecule has 2 aliphatic rings. The van der Waals surface area contributed by atoms with Crippen molar-refractivity contribution in [1.82, 2.24) is 4.90 Å². The first-order chi connectivity index (χ1) is 19.9. The Balaban J connectivity index is 1.87. The molecular weight excluding hydrogens is 350 g/mol. The zero-order valence-corrected chi connectivity index (χ0v) is 15.3. The molecule has 0 saturated carbocycles. The van der Waals surface area contributed by atoms with E-state index in [0.717, 1.165) is 0 Å². The number of ketones is 1. The number of likely N-dealkylation sites (tertiary alicyclic amines) is 1. The molecule has 1 atom stereocenters. The summed E-state index contributed by atoms with van der Waals surface area (Å²) in [6.07, 6.45) is -8.68. The molecule has 148 valence electrons. The van der Waals surface area contributed by atoms with E-state index >= 15 is 0 Å². The zero-order valence-electron chi connectivity index (χ0n) is 31.3. The van der Waals surface area contributed by atoms with Gasteiger partial charge in [-0.1, -0.05) is 30.2 Å². The minimum atomic E-state index is -3.89. The lowest BCUT2D eigenvalue weighted by Gasteiger charge is -2.32. The van der Waals surface area contributed by atoms with E-state index < -0.39 is 96.9 Å². The second-order valence-corrected chi connectivity index (χ2v) is 6.23. The Bertz CT molecular complexity index is 1490. The molecule has 1 aliphatic carbocycles. The van der Waals surface area contributed by atoms with Gasteiger partial charge in [-0.15, -0.1) is 0 Å². The number of methoxy groups -OCH3 is 2. The highest BCUT2D eigenvalue weighted by Gasteiger charge is 2.34. The van der Waals surface area contributed by atoms with Gasteiger partial charge in [0, 0.05) is 33.1 Å². The quantitative estimate of drug-likeness (QED) is 0.728. The first-order valence-corrected chi connectivity index (χ1v) is 8.57. The van der Waals surface area contributed by atoms with Crippen molar-refractivity contribution in [2.24, 2.45) is 11.8 Å². The summed E-state index contributed by atoms with van der Waals surface area (Å²) in [5.74, 6) is -4.85. The fourth-order valence-electron chi connectivity index (χ4n) is 3.19. The molecule has 1 saturated heterocycles. The Morgan fingerprint density at radius 2 is 1.86 bits per heavy atom. The average molecular weight is 396 g/mol. The van der Waals surface area contributed by atoms with E-state index in [0.29, 0.717) is 5.56 Å². The molecule has 0 amide bonds. The SMILES string of the molecule is [2H]c1c([2H])c([2H])c(C([2H])([2H])N2C([2H])([2H])C([2H])([2H])C([2H])(CC3Cc4cc(OC)c(OC)cc4C3=O)C([2H])([2H])C2([2H])[2H])c([2H])c1[2H]. The van der Waals surface area contributed by atoms with Crippen LogP contribution in [0.1, 0.15) is 62.6 Å². The largest absolute Gasteiger partial charge is 0.493 e. The number of carbonyl (C=O) groups is 1. The van der Waals surface area contributed by atoms with Crippen LogP contribution in [0.4, 0.5) is 0 Å². The standard InChI is InChI=1S/C24H29NO3/c1-27-22-14-19-13-20(24(26)21(19)15-23(22)28-2)12-17-8-10-25(11-9-17)16-18-6-4-3-5-7-18/h3-7,14-15,17,20H,8-13,16H2,1-2H3/i3D,4D,5D,6D,7D,8D2,9D2,10D2,11D2,16D2,17D. The fraction of sp³-hybridized carbons (Fsp3) is 0.458. The molecule has 4 heteroatoms. The Kier molecular flexibility index (Phi) is 2.34. The summed E-state index contributed by atoms with van der Waals surface area (Å²) in [5.41, 5.74) is -0.716. The molecular formula is C24H29NO3. The predicted octanol–water partition coefficient (Wildman–Crippen LogP) is 4.36. The van der Waals surface area contributed by atoms with Gasteiger partial charge in [0.1, 0.15) is 0 Å². The van der Waals surface area contributed by atoms with Crippen LogP contribution in [0.2, 0.25) is 0 Å². The minimum Gasteiger partial charge on any atom is -0.493 e. The maximum Gasteiger partial charge on any atom is 0.166 e. The normalized spacial score (nSPS) is 37.4. The average Bonchev–Trinajstić information content (AvgIpc) is 3.21. The summed E-state index contributed by atoms with van der Waals surface area (Å²) in [5, 5.41) is 0.